The molecule has 1 aromatic rings. The molecule has 0 unspecified atom stereocenters. The van der Waals surface area contributed by atoms with Gasteiger partial charge in [0, 0.05) is 6.04 Å². The normalized spacial score (nSPS) is 22.8. The fraction of sp³-hybridized carbons (Fsp3) is 0.538. The van der Waals surface area contributed by atoms with Crippen molar-refractivity contribution >= 4 is 17.3 Å². The van der Waals surface area contributed by atoms with Gasteiger partial charge >= 0.3 is 0 Å². The van der Waals surface area contributed by atoms with Crippen molar-refractivity contribution in [3.05, 3.63) is 21.6 Å². The summed E-state index contributed by atoms with van der Waals surface area (Å²) in [7, 11) is 0. The third kappa shape index (κ3) is 3.28. The van der Waals surface area contributed by atoms with E-state index in [0.717, 1.165) is 25.7 Å². The van der Waals surface area contributed by atoms with Gasteiger partial charge in [0.1, 0.15) is 12.2 Å². The largest absolute Gasteiger partial charge is 0.393 e. The van der Waals surface area contributed by atoms with Gasteiger partial charge in [-0.1, -0.05) is 17.5 Å². The average molecular weight is 282 g/mol. The zero-order valence-corrected chi connectivity index (χ0v) is 11.2. The number of anilines is 1. The lowest BCUT2D eigenvalue weighted by Crippen LogP contribution is -2.33. The Morgan fingerprint density at radius 2 is 2.21 bits per heavy atom. The van der Waals surface area contributed by atoms with Gasteiger partial charge in [0.2, 0.25) is 0 Å². The first-order valence-electron chi connectivity index (χ1n) is 6.25. The summed E-state index contributed by atoms with van der Waals surface area (Å²) in [6, 6.07) is 0.148. The van der Waals surface area contributed by atoms with E-state index < -0.39 is 0 Å². The van der Waals surface area contributed by atoms with Gasteiger partial charge in [-0.05, 0) is 25.7 Å². The van der Waals surface area contributed by atoms with Crippen LogP contribution in [0.15, 0.2) is 11.0 Å². The van der Waals surface area contributed by atoms with Crippen LogP contribution in [0.4, 0.5) is 5.69 Å². The van der Waals surface area contributed by atoms with Crippen LogP contribution in [0.2, 0.25) is 5.02 Å². The first-order chi connectivity index (χ1) is 9.11. The molecule has 6 heteroatoms. The number of nitrogens with one attached hydrogen (secondary N) is 1. The van der Waals surface area contributed by atoms with E-state index in [1.54, 1.807) is 0 Å². The molecule has 0 spiro atoms. The number of rotatable bonds is 3. The van der Waals surface area contributed by atoms with Gasteiger partial charge in [-0.3, -0.25) is 4.79 Å². The highest BCUT2D eigenvalue weighted by Crippen LogP contribution is 2.23. The summed E-state index contributed by atoms with van der Waals surface area (Å²) in [6.45, 7) is 0.119. The molecular weight excluding hydrogens is 266 g/mol. The van der Waals surface area contributed by atoms with E-state index in [2.05, 4.69) is 16.3 Å². The van der Waals surface area contributed by atoms with Crippen molar-refractivity contribution < 1.29 is 5.11 Å². The van der Waals surface area contributed by atoms with Crippen LogP contribution in [0.1, 0.15) is 25.7 Å². The minimum atomic E-state index is -0.309. The van der Waals surface area contributed by atoms with Gasteiger partial charge in [-0.2, -0.15) is 5.10 Å². The lowest BCUT2D eigenvalue weighted by atomic mass is 9.93. The van der Waals surface area contributed by atoms with Gasteiger partial charge in [-0.15, -0.1) is 6.42 Å². The van der Waals surface area contributed by atoms with E-state index in [0.29, 0.717) is 10.7 Å². The summed E-state index contributed by atoms with van der Waals surface area (Å²) in [5.74, 6) is 2.38. The molecule has 0 bridgehead atoms. The van der Waals surface area contributed by atoms with E-state index in [1.807, 2.05) is 0 Å². The SMILES string of the molecule is C#CCn1ncc(Cl)c(NC2CCC(O)CC2)c1=O. The second kappa shape index (κ2) is 6.09. The van der Waals surface area contributed by atoms with Crippen LogP contribution in [0, 0.1) is 12.3 Å². The number of aromatic nitrogens is 2. The Morgan fingerprint density at radius 3 is 2.84 bits per heavy atom. The first kappa shape index (κ1) is 13.9. The minimum Gasteiger partial charge on any atom is -0.393 e. The molecule has 5 nitrogen and oxygen atoms in total. The maximum atomic E-state index is 12.1. The Kier molecular flexibility index (Phi) is 4.46. The zero-order valence-electron chi connectivity index (χ0n) is 10.5. The quantitative estimate of drug-likeness (QED) is 0.818. The molecule has 1 saturated carbocycles. The molecule has 0 amide bonds. The predicted molar refractivity (Wildman–Crippen MR) is 74.2 cm³/mol. The summed E-state index contributed by atoms with van der Waals surface area (Å²) < 4.78 is 1.20. The predicted octanol–water partition coefficient (Wildman–Crippen LogP) is 1.25. The third-order valence-corrected chi connectivity index (χ3v) is 3.57. The van der Waals surface area contributed by atoms with E-state index in [1.165, 1.54) is 10.9 Å². The topological polar surface area (TPSA) is 67.2 Å². The molecule has 0 aromatic carbocycles. The number of aliphatic hydroxyl groups is 1. The van der Waals surface area contributed by atoms with Crippen LogP contribution < -0.4 is 10.9 Å². The van der Waals surface area contributed by atoms with Crippen LogP contribution in [0.5, 0.6) is 0 Å². The Balaban J connectivity index is 2.18. The summed E-state index contributed by atoms with van der Waals surface area (Å²) in [5.41, 5.74) is 0.0323. The second-order valence-electron chi connectivity index (χ2n) is 4.68. The monoisotopic (exact) mass is 281 g/mol. The van der Waals surface area contributed by atoms with E-state index in [4.69, 9.17) is 18.0 Å². The molecule has 1 aromatic heterocycles. The van der Waals surface area contributed by atoms with Crippen LogP contribution in [-0.4, -0.2) is 27.0 Å². The van der Waals surface area contributed by atoms with E-state index in [-0.39, 0.29) is 24.2 Å². The van der Waals surface area contributed by atoms with Crippen molar-refractivity contribution in [2.45, 2.75) is 44.4 Å². The second-order valence-corrected chi connectivity index (χ2v) is 5.09. The molecule has 0 saturated heterocycles. The summed E-state index contributed by atoms with van der Waals surface area (Å²) in [4.78, 5) is 12.1. The lowest BCUT2D eigenvalue weighted by Gasteiger charge is -2.27. The fourth-order valence-corrected chi connectivity index (χ4v) is 2.40. The van der Waals surface area contributed by atoms with Gasteiger partial charge in [-0.25, -0.2) is 4.68 Å². The molecule has 0 atom stereocenters. The number of aliphatic hydroxyl groups excluding tert-OH is 1. The number of hydrogen-bond donors (Lipinski definition) is 2. The standard InChI is InChI=1S/C13H16ClN3O2/c1-2-7-17-13(19)12(11(14)8-15-17)16-9-3-5-10(18)6-4-9/h1,8-10,16,18H,3-7H2. The molecule has 0 radical (unpaired) electrons. The third-order valence-electron chi connectivity index (χ3n) is 3.28. The van der Waals surface area contributed by atoms with E-state index in [9.17, 15) is 9.90 Å². The Bertz CT molecular complexity index is 542. The summed E-state index contributed by atoms with van der Waals surface area (Å²) >= 11 is 6.01. The molecule has 19 heavy (non-hydrogen) atoms. The van der Waals surface area contributed by atoms with Crippen LogP contribution in [-0.2, 0) is 6.54 Å². The van der Waals surface area contributed by atoms with Gasteiger partial charge in [0.25, 0.3) is 5.56 Å². The van der Waals surface area contributed by atoms with Crippen molar-refractivity contribution in [2.24, 2.45) is 0 Å². The molecular formula is C13H16ClN3O2. The number of hydrogen-bond acceptors (Lipinski definition) is 4. The first-order valence-corrected chi connectivity index (χ1v) is 6.63. The molecule has 1 aliphatic rings. The van der Waals surface area contributed by atoms with Crippen molar-refractivity contribution in [1.29, 1.82) is 0 Å². The van der Waals surface area contributed by atoms with Gasteiger partial charge in [0.15, 0.2) is 0 Å². The van der Waals surface area contributed by atoms with Gasteiger partial charge < -0.3 is 10.4 Å². The van der Waals surface area contributed by atoms with Crippen molar-refractivity contribution in [2.75, 3.05) is 5.32 Å². The highest BCUT2D eigenvalue weighted by atomic mass is 35.5. The number of nitrogens with zero attached hydrogens (tertiary/aromatic N) is 2. The zero-order chi connectivity index (χ0) is 13.8. The van der Waals surface area contributed by atoms with Crippen molar-refractivity contribution in [3.63, 3.8) is 0 Å². The number of terminal acetylenes is 1. The summed E-state index contributed by atoms with van der Waals surface area (Å²) in [5, 5.41) is 16.8. The molecule has 1 aliphatic carbocycles. The average Bonchev–Trinajstić information content (AvgIpc) is 2.40. The highest BCUT2D eigenvalue weighted by molar-refractivity contribution is 6.33. The van der Waals surface area contributed by atoms with Gasteiger partial charge in [0.05, 0.1) is 17.3 Å². The summed E-state index contributed by atoms with van der Waals surface area (Å²) in [6.07, 6.45) is 9.47. The van der Waals surface area contributed by atoms with Crippen LogP contribution in [0.3, 0.4) is 0 Å². The molecule has 1 fully saturated rings. The number of halogens is 1. The maximum Gasteiger partial charge on any atom is 0.292 e. The molecule has 1 heterocycles. The maximum absolute atomic E-state index is 12.1. The molecule has 0 aliphatic heterocycles. The Labute approximate surface area is 116 Å². The Morgan fingerprint density at radius 1 is 1.53 bits per heavy atom. The molecule has 2 N–H and O–H groups in total. The minimum absolute atomic E-state index is 0.119. The fourth-order valence-electron chi connectivity index (χ4n) is 2.22. The lowest BCUT2D eigenvalue weighted by molar-refractivity contribution is 0.126. The molecule has 102 valence electrons. The Hall–Kier alpha value is -1.51. The smallest absolute Gasteiger partial charge is 0.292 e. The van der Waals surface area contributed by atoms with Crippen molar-refractivity contribution in [3.8, 4) is 12.3 Å². The van der Waals surface area contributed by atoms with Crippen LogP contribution >= 0.6 is 11.6 Å². The van der Waals surface area contributed by atoms with Crippen LogP contribution in [0.25, 0.3) is 0 Å². The van der Waals surface area contributed by atoms with Crippen molar-refractivity contribution in [1.82, 2.24) is 9.78 Å². The van der Waals surface area contributed by atoms with E-state index >= 15 is 0 Å². The highest BCUT2D eigenvalue weighted by Gasteiger charge is 2.21. The molecule has 2 rings (SSSR count).